The highest BCUT2D eigenvalue weighted by atomic mass is 16.5. The number of benzene rings is 1. The van der Waals surface area contributed by atoms with Gasteiger partial charge in [-0.25, -0.2) is 0 Å². The molecule has 0 saturated carbocycles. The summed E-state index contributed by atoms with van der Waals surface area (Å²) in [5.74, 6) is 0.284. The van der Waals surface area contributed by atoms with Gasteiger partial charge in [0.15, 0.2) is 17.3 Å². The van der Waals surface area contributed by atoms with Gasteiger partial charge in [-0.15, -0.1) is 0 Å². The molecular formula is C18H19N3O4. The number of para-hydroxylation sites is 1. The van der Waals surface area contributed by atoms with Gasteiger partial charge in [0.1, 0.15) is 6.17 Å². The normalized spacial score (nSPS) is 16.9. The Morgan fingerprint density at radius 2 is 2.04 bits per heavy atom. The van der Waals surface area contributed by atoms with E-state index in [4.69, 9.17) is 9.47 Å². The highest BCUT2D eigenvalue weighted by molar-refractivity contribution is 5.92. The topological polar surface area (TPSA) is 83.9 Å². The fourth-order valence-electron chi connectivity index (χ4n) is 2.78. The third-order valence-electron chi connectivity index (χ3n) is 3.96. The van der Waals surface area contributed by atoms with Crippen LogP contribution in [-0.2, 0) is 11.3 Å². The van der Waals surface area contributed by atoms with Crippen molar-refractivity contribution in [2.45, 2.75) is 12.7 Å². The Labute approximate surface area is 145 Å². The second-order valence-electron chi connectivity index (χ2n) is 5.44. The van der Waals surface area contributed by atoms with Crippen molar-refractivity contribution >= 4 is 5.91 Å². The van der Waals surface area contributed by atoms with Crippen LogP contribution in [0.5, 0.6) is 11.5 Å². The zero-order chi connectivity index (χ0) is 17.8. The molecule has 1 aromatic heterocycles. The molecule has 0 spiro atoms. The Balaban J connectivity index is 1.98. The molecule has 2 aromatic rings. The maximum atomic E-state index is 12.5. The van der Waals surface area contributed by atoms with Gasteiger partial charge in [0, 0.05) is 18.0 Å². The highest BCUT2D eigenvalue weighted by Crippen LogP contribution is 2.33. The number of hydrogen-bond donors (Lipinski definition) is 2. The lowest BCUT2D eigenvalue weighted by atomic mass is 10.1. The Bertz CT molecular complexity index is 792. The van der Waals surface area contributed by atoms with Crippen LogP contribution >= 0.6 is 0 Å². The van der Waals surface area contributed by atoms with Gasteiger partial charge in [0.25, 0.3) is 5.91 Å². The summed E-state index contributed by atoms with van der Waals surface area (Å²) in [4.78, 5) is 18.3. The van der Waals surface area contributed by atoms with Crippen molar-refractivity contribution < 1.29 is 19.4 Å². The number of ether oxygens (including phenoxy) is 2. The van der Waals surface area contributed by atoms with E-state index in [-0.39, 0.29) is 12.3 Å². The Hall–Kier alpha value is -3.22. The lowest BCUT2D eigenvalue weighted by Gasteiger charge is -2.34. The van der Waals surface area contributed by atoms with E-state index in [1.807, 2.05) is 24.3 Å². The van der Waals surface area contributed by atoms with Gasteiger partial charge in [0.05, 0.1) is 26.5 Å². The molecule has 0 bridgehead atoms. The summed E-state index contributed by atoms with van der Waals surface area (Å²) in [5.41, 5.74) is 1.43. The molecule has 0 aliphatic carbocycles. The van der Waals surface area contributed by atoms with Crippen molar-refractivity contribution in [1.82, 2.24) is 15.2 Å². The summed E-state index contributed by atoms with van der Waals surface area (Å²) in [5, 5.41) is 12.9. The van der Waals surface area contributed by atoms with Crippen LogP contribution in [0, 0.1) is 0 Å². The minimum absolute atomic E-state index is 0.214. The summed E-state index contributed by atoms with van der Waals surface area (Å²) in [6, 6.07) is 10.9. The van der Waals surface area contributed by atoms with Crippen LogP contribution in [0.25, 0.3) is 0 Å². The number of amides is 1. The first kappa shape index (κ1) is 16.6. The monoisotopic (exact) mass is 341 g/mol. The van der Waals surface area contributed by atoms with E-state index < -0.39 is 12.1 Å². The number of methoxy groups -OCH3 is 2. The second kappa shape index (κ2) is 7.12. The Morgan fingerprint density at radius 1 is 1.20 bits per heavy atom. The van der Waals surface area contributed by atoms with E-state index >= 15 is 0 Å². The SMILES string of the molecule is COc1cccc(CN2C(=O)C(O)=CNC2c2ccccn2)c1OC. The summed E-state index contributed by atoms with van der Waals surface area (Å²) in [7, 11) is 3.10. The number of pyridine rings is 1. The molecule has 0 radical (unpaired) electrons. The minimum Gasteiger partial charge on any atom is -0.502 e. The van der Waals surface area contributed by atoms with Gasteiger partial charge >= 0.3 is 0 Å². The summed E-state index contributed by atoms with van der Waals surface area (Å²) >= 11 is 0. The highest BCUT2D eigenvalue weighted by Gasteiger charge is 2.32. The number of hydrogen-bond acceptors (Lipinski definition) is 6. The first-order chi connectivity index (χ1) is 12.2. The molecule has 1 aromatic carbocycles. The molecule has 7 nitrogen and oxygen atoms in total. The number of carbonyl (C=O) groups is 1. The molecule has 1 unspecified atom stereocenters. The molecule has 7 heteroatoms. The predicted octanol–water partition coefficient (Wildman–Crippen LogP) is 2.13. The predicted molar refractivity (Wildman–Crippen MR) is 90.9 cm³/mol. The maximum Gasteiger partial charge on any atom is 0.292 e. The van der Waals surface area contributed by atoms with Crippen molar-refractivity contribution in [3.63, 3.8) is 0 Å². The molecule has 1 aliphatic rings. The van der Waals surface area contributed by atoms with Crippen molar-refractivity contribution in [2.75, 3.05) is 14.2 Å². The zero-order valence-electron chi connectivity index (χ0n) is 14.0. The molecule has 0 saturated heterocycles. The van der Waals surface area contributed by atoms with Crippen molar-refractivity contribution in [2.24, 2.45) is 0 Å². The quantitative estimate of drug-likeness (QED) is 0.867. The average molecular weight is 341 g/mol. The van der Waals surface area contributed by atoms with Crippen LogP contribution in [0.3, 0.4) is 0 Å². The van der Waals surface area contributed by atoms with Crippen LogP contribution in [0.4, 0.5) is 0 Å². The third kappa shape index (κ3) is 3.21. The van der Waals surface area contributed by atoms with E-state index in [1.54, 1.807) is 32.5 Å². The first-order valence-electron chi connectivity index (χ1n) is 7.72. The van der Waals surface area contributed by atoms with Gasteiger partial charge in [-0.3, -0.25) is 9.78 Å². The van der Waals surface area contributed by atoms with Crippen LogP contribution in [0.1, 0.15) is 17.4 Å². The Kier molecular flexibility index (Phi) is 4.74. The first-order valence-corrected chi connectivity index (χ1v) is 7.72. The van der Waals surface area contributed by atoms with Gasteiger partial charge < -0.3 is 24.8 Å². The van der Waals surface area contributed by atoms with Gasteiger partial charge in [-0.2, -0.15) is 0 Å². The minimum atomic E-state index is -0.500. The molecule has 0 fully saturated rings. The fraction of sp³-hybridized carbons (Fsp3) is 0.222. The number of nitrogens with zero attached hydrogens (tertiary/aromatic N) is 2. The number of carbonyl (C=O) groups excluding carboxylic acids is 1. The van der Waals surface area contributed by atoms with E-state index in [9.17, 15) is 9.90 Å². The molecule has 3 rings (SSSR count). The number of aromatic nitrogens is 1. The van der Waals surface area contributed by atoms with Crippen molar-refractivity contribution in [3.8, 4) is 11.5 Å². The van der Waals surface area contributed by atoms with Crippen LogP contribution in [0.2, 0.25) is 0 Å². The number of nitrogens with one attached hydrogen (secondary N) is 1. The largest absolute Gasteiger partial charge is 0.502 e. The zero-order valence-corrected chi connectivity index (χ0v) is 14.0. The smallest absolute Gasteiger partial charge is 0.292 e. The number of aliphatic hydroxyl groups is 1. The average Bonchev–Trinajstić information content (AvgIpc) is 2.66. The molecule has 1 amide bonds. The lowest BCUT2D eigenvalue weighted by molar-refractivity contribution is -0.135. The molecule has 2 heterocycles. The van der Waals surface area contributed by atoms with E-state index in [1.165, 1.54) is 11.1 Å². The molecule has 25 heavy (non-hydrogen) atoms. The van der Waals surface area contributed by atoms with Crippen LogP contribution in [0.15, 0.2) is 54.6 Å². The summed E-state index contributed by atoms with van der Waals surface area (Å²) in [6.45, 7) is 0.214. The molecular weight excluding hydrogens is 322 g/mol. The molecule has 1 aliphatic heterocycles. The Morgan fingerprint density at radius 3 is 2.72 bits per heavy atom. The summed E-state index contributed by atoms with van der Waals surface area (Å²) < 4.78 is 10.7. The van der Waals surface area contributed by atoms with Crippen molar-refractivity contribution in [3.05, 3.63) is 65.8 Å². The van der Waals surface area contributed by atoms with Crippen LogP contribution in [-0.4, -0.2) is 35.1 Å². The van der Waals surface area contributed by atoms with E-state index in [0.29, 0.717) is 17.2 Å². The van der Waals surface area contributed by atoms with Crippen LogP contribution < -0.4 is 14.8 Å². The van der Waals surface area contributed by atoms with E-state index in [0.717, 1.165) is 5.56 Å². The number of aliphatic hydroxyl groups excluding tert-OH is 1. The van der Waals surface area contributed by atoms with Gasteiger partial charge in [-0.05, 0) is 18.2 Å². The van der Waals surface area contributed by atoms with E-state index in [2.05, 4.69) is 10.3 Å². The fourth-order valence-corrected chi connectivity index (χ4v) is 2.78. The van der Waals surface area contributed by atoms with Gasteiger partial charge in [0.2, 0.25) is 0 Å². The third-order valence-corrected chi connectivity index (χ3v) is 3.96. The molecule has 130 valence electrons. The lowest BCUT2D eigenvalue weighted by Crippen LogP contribution is -2.45. The molecule has 1 atom stereocenters. The second-order valence-corrected chi connectivity index (χ2v) is 5.44. The van der Waals surface area contributed by atoms with Crippen molar-refractivity contribution in [1.29, 1.82) is 0 Å². The number of rotatable bonds is 5. The summed E-state index contributed by atoms with van der Waals surface area (Å²) in [6.07, 6.45) is 2.45. The standard InChI is InChI=1S/C18H19N3O4/c1-24-15-8-5-6-12(16(15)25-2)11-21-17(13-7-3-4-9-19-13)20-10-14(22)18(21)23/h3-10,17,20,22H,11H2,1-2H3. The van der Waals surface area contributed by atoms with Gasteiger partial charge in [-0.1, -0.05) is 18.2 Å². The molecule has 2 N–H and O–H groups in total. The maximum absolute atomic E-state index is 12.5.